The largest absolute Gasteiger partial charge is 0.298 e. The number of aromatic nitrogens is 1. The summed E-state index contributed by atoms with van der Waals surface area (Å²) in [5, 5.41) is 16.6. The molecule has 0 radical (unpaired) electrons. The summed E-state index contributed by atoms with van der Waals surface area (Å²) >= 11 is 7.11. The molecule has 3 aromatic rings. The van der Waals surface area contributed by atoms with Crippen LogP contribution < -0.4 is 5.32 Å². The normalized spacial score (nSPS) is 10.5. The van der Waals surface area contributed by atoms with E-state index in [4.69, 9.17) is 11.6 Å². The highest BCUT2D eigenvalue weighted by Crippen LogP contribution is 2.28. The standard InChI is InChI=1S/C17H12ClN3O3S/c1-10-3-2-4-13(15(10)21(23)24)16(22)20-17-19-14(9-25-17)11-5-7-12(18)8-6-11/h2-9H,1H3,(H,19,20,22). The molecule has 3 rings (SSSR count). The van der Waals surface area contributed by atoms with Gasteiger partial charge in [0.2, 0.25) is 0 Å². The van der Waals surface area contributed by atoms with Crippen LogP contribution in [-0.4, -0.2) is 15.8 Å². The number of rotatable bonds is 4. The highest BCUT2D eigenvalue weighted by Gasteiger charge is 2.23. The smallest absolute Gasteiger partial charge is 0.285 e. The molecule has 0 saturated heterocycles. The highest BCUT2D eigenvalue weighted by molar-refractivity contribution is 7.14. The van der Waals surface area contributed by atoms with E-state index in [1.54, 1.807) is 36.6 Å². The highest BCUT2D eigenvalue weighted by atomic mass is 35.5. The summed E-state index contributed by atoms with van der Waals surface area (Å²) in [7, 11) is 0. The summed E-state index contributed by atoms with van der Waals surface area (Å²) in [5.41, 5.74) is 1.79. The van der Waals surface area contributed by atoms with Gasteiger partial charge < -0.3 is 0 Å². The molecular weight excluding hydrogens is 362 g/mol. The van der Waals surface area contributed by atoms with E-state index in [2.05, 4.69) is 10.3 Å². The Kier molecular flexibility index (Phi) is 4.78. The molecule has 1 amide bonds. The lowest BCUT2D eigenvalue weighted by Crippen LogP contribution is -2.14. The lowest BCUT2D eigenvalue weighted by Gasteiger charge is -2.05. The summed E-state index contributed by atoms with van der Waals surface area (Å²) in [5.74, 6) is -0.563. The van der Waals surface area contributed by atoms with E-state index in [0.717, 1.165) is 5.56 Å². The number of thiazole rings is 1. The topological polar surface area (TPSA) is 85.1 Å². The average molecular weight is 374 g/mol. The number of hydrogen-bond acceptors (Lipinski definition) is 5. The van der Waals surface area contributed by atoms with Crippen molar-refractivity contribution in [1.82, 2.24) is 4.98 Å². The van der Waals surface area contributed by atoms with E-state index in [1.807, 2.05) is 12.1 Å². The molecule has 0 spiro atoms. The van der Waals surface area contributed by atoms with Crippen molar-refractivity contribution in [2.75, 3.05) is 5.32 Å². The number of nitrogens with one attached hydrogen (secondary N) is 1. The Morgan fingerprint density at radius 2 is 1.96 bits per heavy atom. The molecule has 6 nitrogen and oxygen atoms in total. The van der Waals surface area contributed by atoms with Gasteiger partial charge in [0.15, 0.2) is 5.13 Å². The lowest BCUT2D eigenvalue weighted by atomic mass is 10.1. The van der Waals surface area contributed by atoms with Crippen molar-refractivity contribution >= 4 is 39.7 Å². The van der Waals surface area contributed by atoms with Crippen LogP contribution in [0.5, 0.6) is 0 Å². The Hall–Kier alpha value is -2.77. The van der Waals surface area contributed by atoms with Crippen LogP contribution in [0.25, 0.3) is 11.3 Å². The fourth-order valence-corrected chi connectivity index (χ4v) is 3.17. The van der Waals surface area contributed by atoms with Crippen LogP contribution in [0, 0.1) is 17.0 Å². The molecule has 1 N–H and O–H groups in total. The van der Waals surface area contributed by atoms with Gasteiger partial charge in [-0.15, -0.1) is 11.3 Å². The summed E-state index contributed by atoms with van der Waals surface area (Å²) in [4.78, 5) is 27.4. The first-order valence-electron chi connectivity index (χ1n) is 7.22. The first kappa shape index (κ1) is 17.1. The van der Waals surface area contributed by atoms with Gasteiger partial charge in [-0.3, -0.25) is 20.2 Å². The van der Waals surface area contributed by atoms with Crippen molar-refractivity contribution < 1.29 is 9.72 Å². The van der Waals surface area contributed by atoms with Gasteiger partial charge in [0.25, 0.3) is 11.6 Å². The number of benzene rings is 2. The van der Waals surface area contributed by atoms with Gasteiger partial charge in [0.05, 0.1) is 10.6 Å². The minimum Gasteiger partial charge on any atom is -0.298 e. The molecule has 0 aliphatic carbocycles. The van der Waals surface area contributed by atoms with Crippen molar-refractivity contribution in [2.24, 2.45) is 0 Å². The van der Waals surface area contributed by atoms with Crippen molar-refractivity contribution in [3.63, 3.8) is 0 Å². The van der Waals surface area contributed by atoms with Crippen LogP contribution in [0.2, 0.25) is 5.02 Å². The van der Waals surface area contributed by atoms with E-state index >= 15 is 0 Å². The zero-order valence-corrected chi connectivity index (χ0v) is 14.6. The van der Waals surface area contributed by atoms with E-state index in [1.165, 1.54) is 17.4 Å². The Morgan fingerprint density at radius 3 is 2.64 bits per heavy atom. The zero-order chi connectivity index (χ0) is 18.0. The summed E-state index contributed by atoms with van der Waals surface area (Å²) in [6.45, 7) is 1.59. The number of hydrogen-bond donors (Lipinski definition) is 1. The number of carbonyl (C=O) groups is 1. The molecule has 2 aromatic carbocycles. The maximum atomic E-state index is 12.4. The summed E-state index contributed by atoms with van der Waals surface area (Å²) in [6.07, 6.45) is 0. The SMILES string of the molecule is Cc1cccc(C(=O)Nc2nc(-c3ccc(Cl)cc3)cs2)c1[N+](=O)[O-]. The lowest BCUT2D eigenvalue weighted by molar-refractivity contribution is -0.385. The van der Waals surface area contributed by atoms with Crippen LogP contribution in [-0.2, 0) is 0 Å². The second kappa shape index (κ2) is 7.00. The van der Waals surface area contributed by atoms with Crippen LogP contribution in [0.15, 0.2) is 47.8 Å². The quantitative estimate of drug-likeness (QED) is 0.518. The molecule has 1 aromatic heterocycles. The Balaban J connectivity index is 1.84. The molecule has 1 heterocycles. The van der Waals surface area contributed by atoms with E-state index in [9.17, 15) is 14.9 Å². The van der Waals surface area contributed by atoms with Crippen LogP contribution >= 0.6 is 22.9 Å². The molecule has 0 atom stereocenters. The van der Waals surface area contributed by atoms with Crippen molar-refractivity contribution in [3.05, 3.63) is 74.1 Å². The number of halogens is 1. The minimum atomic E-state index is -0.563. The molecular formula is C17H12ClN3O3S. The maximum absolute atomic E-state index is 12.4. The minimum absolute atomic E-state index is 0.00763. The fraction of sp³-hybridized carbons (Fsp3) is 0.0588. The van der Waals surface area contributed by atoms with E-state index in [-0.39, 0.29) is 11.3 Å². The molecule has 8 heteroatoms. The first-order chi connectivity index (χ1) is 12.0. The zero-order valence-electron chi connectivity index (χ0n) is 13.0. The van der Waals surface area contributed by atoms with Crippen molar-refractivity contribution in [3.8, 4) is 11.3 Å². The fourth-order valence-electron chi connectivity index (χ4n) is 2.33. The third-order valence-electron chi connectivity index (χ3n) is 3.53. The molecule has 0 unspecified atom stereocenters. The second-order valence-corrected chi connectivity index (χ2v) is 6.52. The van der Waals surface area contributed by atoms with Crippen LogP contribution in [0.4, 0.5) is 10.8 Å². The number of aryl methyl sites for hydroxylation is 1. The Morgan fingerprint density at radius 1 is 1.24 bits per heavy atom. The van der Waals surface area contributed by atoms with Gasteiger partial charge >= 0.3 is 0 Å². The molecule has 0 fully saturated rings. The summed E-state index contributed by atoms with van der Waals surface area (Å²) in [6, 6.07) is 11.8. The van der Waals surface area contributed by atoms with Gasteiger partial charge in [-0.1, -0.05) is 35.9 Å². The van der Waals surface area contributed by atoms with Crippen molar-refractivity contribution in [1.29, 1.82) is 0 Å². The third-order valence-corrected chi connectivity index (χ3v) is 4.54. The average Bonchev–Trinajstić information content (AvgIpc) is 3.03. The molecule has 0 aliphatic rings. The van der Waals surface area contributed by atoms with Gasteiger partial charge in [-0.25, -0.2) is 4.98 Å². The summed E-state index contributed by atoms with van der Waals surface area (Å²) < 4.78 is 0. The molecule has 0 saturated carbocycles. The molecule has 0 bridgehead atoms. The number of anilines is 1. The van der Waals surface area contributed by atoms with Crippen LogP contribution in [0.3, 0.4) is 0 Å². The molecule has 0 aliphatic heterocycles. The number of nitrogens with zero attached hydrogens (tertiary/aromatic N) is 2. The third kappa shape index (κ3) is 3.67. The maximum Gasteiger partial charge on any atom is 0.285 e. The van der Waals surface area contributed by atoms with Gasteiger partial charge in [-0.2, -0.15) is 0 Å². The molecule has 25 heavy (non-hydrogen) atoms. The Labute approximate surface area is 152 Å². The predicted molar refractivity (Wildman–Crippen MR) is 98.3 cm³/mol. The van der Waals surface area contributed by atoms with E-state index < -0.39 is 10.8 Å². The molecule has 126 valence electrons. The van der Waals surface area contributed by atoms with Crippen LogP contribution in [0.1, 0.15) is 15.9 Å². The van der Waals surface area contributed by atoms with E-state index in [0.29, 0.717) is 21.4 Å². The number of carbonyl (C=O) groups excluding carboxylic acids is 1. The number of nitro benzene ring substituents is 1. The first-order valence-corrected chi connectivity index (χ1v) is 8.48. The van der Waals surface area contributed by atoms with Gasteiger partial charge in [0, 0.05) is 21.5 Å². The predicted octanol–water partition coefficient (Wildman–Crippen LogP) is 4.93. The second-order valence-electron chi connectivity index (χ2n) is 5.23. The Bertz CT molecular complexity index is 954. The van der Waals surface area contributed by atoms with Gasteiger partial charge in [0.1, 0.15) is 5.56 Å². The number of amides is 1. The monoisotopic (exact) mass is 373 g/mol. The number of para-hydroxylation sites is 1. The number of nitro groups is 1. The van der Waals surface area contributed by atoms with Crippen molar-refractivity contribution in [2.45, 2.75) is 6.92 Å². The van der Waals surface area contributed by atoms with Gasteiger partial charge in [-0.05, 0) is 25.1 Å².